The molecule has 18 heavy (non-hydrogen) atoms. The fourth-order valence-corrected chi connectivity index (χ4v) is 2.15. The van der Waals surface area contributed by atoms with Gasteiger partial charge in [-0.25, -0.2) is 0 Å². The van der Waals surface area contributed by atoms with Gasteiger partial charge in [0.05, 0.1) is 5.69 Å². The first kappa shape index (κ1) is 13.2. The van der Waals surface area contributed by atoms with E-state index >= 15 is 0 Å². The zero-order valence-electron chi connectivity index (χ0n) is 11.3. The molecule has 0 radical (unpaired) electrons. The van der Waals surface area contributed by atoms with E-state index < -0.39 is 0 Å². The third kappa shape index (κ3) is 3.65. The van der Waals surface area contributed by atoms with Crippen molar-refractivity contribution in [3.8, 4) is 11.3 Å². The van der Waals surface area contributed by atoms with Crippen molar-refractivity contribution in [2.24, 2.45) is 5.41 Å². The first-order valence-electron chi connectivity index (χ1n) is 6.25. The molecule has 2 aromatic rings. The van der Waals surface area contributed by atoms with Gasteiger partial charge in [0.25, 0.3) is 0 Å². The van der Waals surface area contributed by atoms with Crippen molar-refractivity contribution in [1.29, 1.82) is 0 Å². The van der Waals surface area contributed by atoms with Crippen molar-refractivity contribution in [3.05, 3.63) is 48.2 Å². The summed E-state index contributed by atoms with van der Waals surface area (Å²) in [6.45, 7) is 6.79. The third-order valence-corrected chi connectivity index (χ3v) is 3.11. The topological polar surface area (TPSA) is 12.9 Å². The summed E-state index contributed by atoms with van der Waals surface area (Å²) in [5.74, 6) is 0. The van der Waals surface area contributed by atoms with E-state index in [1.165, 1.54) is 11.1 Å². The van der Waals surface area contributed by atoms with Gasteiger partial charge >= 0.3 is 0 Å². The second-order valence-corrected chi connectivity index (χ2v) is 6.58. The van der Waals surface area contributed by atoms with Gasteiger partial charge in [0, 0.05) is 11.8 Å². The highest BCUT2D eigenvalue weighted by atomic mass is 31.0. The van der Waals surface area contributed by atoms with E-state index in [-0.39, 0.29) is 0 Å². The Morgan fingerprint density at radius 1 is 1.00 bits per heavy atom. The number of hydrogen-bond acceptors (Lipinski definition) is 1. The van der Waals surface area contributed by atoms with E-state index in [4.69, 9.17) is 0 Å². The van der Waals surface area contributed by atoms with Gasteiger partial charge < -0.3 is 0 Å². The zero-order chi connectivity index (χ0) is 13.2. The fourth-order valence-electron chi connectivity index (χ4n) is 1.98. The van der Waals surface area contributed by atoms with Crippen LogP contribution < -0.4 is 5.30 Å². The number of rotatable bonds is 2. The minimum atomic E-state index is 0.334. The number of nitrogens with zero attached hydrogens (tertiary/aromatic N) is 1. The molecule has 0 spiro atoms. The molecule has 0 aliphatic heterocycles. The Kier molecular flexibility index (Phi) is 3.82. The summed E-state index contributed by atoms with van der Waals surface area (Å²) in [4.78, 5) is 4.43. The molecule has 0 fully saturated rings. The second-order valence-electron chi connectivity index (χ2n) is 5.91. The molecule has 1 atom stereocenters. The van der Waals surface area contributed by atoms with Crippen molar-refractivity contribution < 1.29 is 0 Å². The third-order valence-electron chi connectivity index (χ3n) is 2.77. The van der Waals surface area contributed by atoms with Crippen LogP contribution in [0.2, 0.25) is 0 Å². The lowest BCUT2D eigenvalue weighted by molar-refractivity contribution is 0.411. The maximum atomic E-state index is 4.43. The van der Waals surface area contributed by atoms with Crippen LogP contribution in [0.5, 0.6) is 0 Å². The Labute approximate surface area is 112 Å². The standard InChI is InChI=1S/C16H20NP/c1-16(2,3)10-12-4-6-13(7-5-12)15-9-8-14(18)11-17-15/h4-9,11H,10,18H2,1-3H3. The van der Waals surface area contributed by atoms with Gasteiger partial charge in [-0.1, -0.05) is 51.1 Å². The maximum absolute atomic E-state index is 4.43. The zero-order valence-corrected chi connectivity index (χ0v) is 12.4. The van der Waals surface area contributed by atoms with E-state index in [0.29, 0.717) is 5.41 Å². The van der Waals surface area contributed by atoms with Gasteiger partial charge in [-0.2, -0.15) is 0 Å². The van der Waals surface area contributed by atoms with Crippen LogP contribution in [0.25, 0.3) is 11.3 Å². The monoisotopic (exact) mass is 257 g/mol. The highest BCUT2D eigenvalue weighted by molar-refractivity contribution is 7.27. The molecule has 0 saturated heterocycles. The molecular formula is C16H20NP. The minimum Gasteiger partial charge on any atom is -0.256 e. The van der Waals surface area contributed by atoms with Crippen LogP contribution in [-0.4, -0.2) is 4.98 Å². The first-order chi connectivity index (χ1) is 8.44. The molecule has 2 rings (SSSR count). The predicted molar refractivity (Wildman–Crippen MR) is 82.2 cm³/mol. The van der Waals surface area contributed by atoms with Crippen molar-refractivity contribution >= 4 is 14.5 Å². The molecule has 1 heterocycles. The van der Waals surface area contributed by atoms with Gasteiger partial charge in [0.2, 0.25) is 0 Å². The van der Waals surface area contributed by atoms with Crippen LogP contribution in [0.4, 0.5) is 0 Å². The number of aromatic nitrogens is 1. The number of hydrogen-bond donors (Lipinski definition) is 0. The van der Waals surface area contributed by atoms with Crippen LogP contribution in [0.3, 0.4) is 0 Å². The van der Waals surface area contributed by atoms with E-state index in [1.54, 1.807) is 0 Å². The lowest BCUT2D eigenvalue weighted by atomic mass is 9.88. The second kappa shape index (κ2) is 5.20. The largest absolute Gasteiger partial charge is 0.256 e. The molecule has 0 bridgehead atoms. The Hall–Kier alpha value is -1.20. The lowest BCUT2D eigenvalue weighted by Crippen LogP contribution is -2.08. The minimum absolute atomic E-state index is 0.334. The van der Waals surface area contributed by atoms with Crippen LogP contribution in [0.15, 0.2) is 42.6 Å². The van der Waals surface area contributed by atoms with Gasteiger partial charge in [0.1, 0.15) is 0 Å². The Morgan fingerprint density at radius 2 is 1.67 bits per heavy atom. The molecule has 0 saturated carbocycles. The molecule has 1 nitrogen and oxygen atoms in total. The molecular weight excluding hydrogens is 237 g/mol. The first-order valence-corrected chi connectivity index (χ1v) is 6.83. The summed E-state index contributed by atoms with van der Waals surface area (Å²) in [6, 6.07) is 12.8. The van der Waals surface area contributed by atoms with E-state index in [1.807, 2.05) is 6.20 Å². The molecule has 0 N–H and O–H groups in total. The van der Waals surface area contributed by atoms with Gasteiger partial charge in [0.15, 0.2) is 0 Å². The summed E-state index contributed by atoms with van der Waals surface area (Å²) in [5, 5.41) is 1.11. The SMILES string of the molecule is CC(C)(C)Cc1ccc(-c2ccc(P)cn2)cc1. The van der Waals surface area contributed by atoms with Crippen molar-refractivity contribution in [2.75, 3.05) is 0 Å². The van der Waals surface area contributed by atoms with Crippen molar-refractivity contribution in [3.63, 3.8) is 0 Å². The Balaban J connectivity index is 2.20. The summed E-state index contributed by atoms with van der Waals surface area (Å²) in [6.07, 6.45) is 2.98. The maximum Gasteiger partial charge on any atom is 0.0702 e. The average Bonchev–Trinajstić information content (AvgIpc) is 2.29. The van der Waals surface area contributed by atoms with Crippen LogP contribution in [0.1, 0.15) is 26.3 Å². The smallest absolute Gasteiger partial charge is 0.0702 e. The molecule has 2 heteroatoms. The summed E-state index contributed by atoms with van der Waals surface area (Å²) < 4.78 is 0. The van der Waals surface area contributed by atoms with Crippen molar-refractivity contribution in [2.45, 2.75) is 27.2 Å². The summed E-state index contributed by atoms with van der Waals surface area (Å²) in [5.41, 5.74) is 3.93. The van der Waals surface area contributed by atoms with Gasteiger partial charge in [-0.15, -0.1) is 9.24 Å². The van der Waals surface area contributed by atoms with Gasteiger partial charge in [-0.3, -0.25) is 4.98 Å². The normalized spacial score (nSPS) is 11.6. The summed E-state index contributed by atoms with van der Waals surface area (Å²) >= 11 is 0. The summed E-state index contributed by atoms with van der Waals surface area (Å²) in [7, 11) is 2.65. The van der Waals surface area contributed by atoms with Crippen LogP contribution in [-0.2, 0) is 6.42 Å². The molecule has 1 aromatic heterocycles. The lowest BCUT2D eigenvalue weighted by Gasteiger charge is -2.18. The molecule has 0 aliphatic rings. The van der Waals surface area contributed by atoms with Gasteiger partial charge in [-0.05, 0) is 28.8 Å². The van der Waals surface area contributed by atoms with E-state index in [2.05, 4.69) is 71.4 Å². The number of pyridine rings is 1. The van der Waals surface area contributed by atoms with Crippen LogP contribution >= 0.6 is 9.24 Å². The average molecular weight is 257 g/mol. The predicted octanol–water partition coefficient (Wildman–Crippen LogP) is 3.84. The fraction of sp³-hybridized carbons (Fsp3) is 0.312. The highest BCUT2D eigenvalue weighted by Crippen LogP contribution is 2.23. The van der Waals surface area contributed by atoms with Crippen molar-refractivity contribution in [1.82, 2.24) is 4.98 Å². The van der Waals surface area contributed by atoms with E-state index in [9.17, 15) is 0 Å². The highest BCUT2D eigenvalue weighted by Gasteiger charge is 2.11. The molecule has 0 aliphatic carbocycles. The Morgan fingerprint density at radius 3 is 2.17 bits per heavy atom. The molecule has 94 valence electrons. The van der Waals surface area contributed by atoms with E-state index in [0.717, 1.165) is 17.4 Å². The van der Waals surface area contributed by atoms with Crippen LogP contribution in [0, 0.1) is 5.41 Å². The molecule has 1 aromatic carbocycles. The number of benzene rings is 1. The Bertz CT molecular complexity index is 506. The quantitative estimate of drug-likeness (QED) is 0.745. The molecule has 1 unspecified atom stereocenters. The molecule has 0 amide bonds.